The zero-order valence-electron chi connectivity index (χ0n) is 14.6. The molecule has 6 nitrogen and oxygen atoms in total. The number of aryl methyl sites for hydroxylation is 1. The highest BCUT2D eigenvalue weighted by atomic mass is 35.5. The van der Waals surface area contributed by atoms with Crippen LogP contribution in [-0.4, -0.2) is 30.6 Å². The van der Waals surface area contributed by atoms with Crippen LogP contribution in [0, 0.1) is 6.92 Å². The van der Waals surface area contributed by atoms with Crippen molar-refractivity contribution in [3.63, 3.8) is 0 Å². The highest BCUT2D eigenvalue weighted by molar-refractivity contribution is 6.31. The van der Waals surface area contributed by atoms with Crippen molar-refractivity contribution in [3.05, 3.63) is 58.1 Å². The number of carboxylic acids is 1. The molecular weight excluding hydrogens is 356 g/mol. The van der Waals surface area contributed by atoms with Crippen LogP contribution in [0.5, 0.6) is 5.75 Å². The van der Waals surface area contributed by atoms with Crippen molar-refractivity contribution in [2.24, 2.45) is 0 Å². The standard InChI is InChI=1S/C19H21ClN2O4/c1-12-8-16(17(26-2)10-15(12)20)22-18(23)6-7-21-11-13-4-3-5-14(9-13)19(24)25/h3-5,8-10,21H,6-7,11H2,1-2H3,(H,22,23)(H,24,25). The third kappa shape index (κ3) is 5.47. The molecular formula is C19H21ClN2O4. The van der Waals surface area contributed by atoms with E-state index in [0.717, 1.165) is 11.1 Å². The second-order valence-corrected chi connectivity index (χ2v) is 6.19. The van der Waals surface area contributed by atoms with E-state index in [1.54, 1.807) is 30.3 Å². The number of nitrogens with one attached hydrogen (secondary N) is 2. The Bertz CT molecular complexity index is 808. The van der Waals surface area contributed by atoms with Gasteiger partial charge in [-0.25, -0.2) is 4.79 Å². The van der Waals surface area contributed by atoms with E-state index in [2.05, 4.69) is 10.6 Å². The van der Waals surface area contributed by atoms with Crippen molar-refractivity contribution in [2.75, 3.05) is 19.0 Å². The van der Waals surface area contributed by atoms with Crippen LogP contribution in [0.15, 0.2) is 36.4 Å². The summed E-state index contributed by atoms with van der Waals surface area (Å²) in [5, 5.41) is 15.5. The summed E-state index contributed by atoms with van der Waals surface area (Å²) < 4.78 is 5.23. The quantitative estimate of drug-likeness (QED) is 0.614. The van der Waals surface area contributed by atoms with Crippen LogP contribution >= 0.6 is 11.6 Å². The number of ether oxygens (including phenoxy) is 1. The van der Waals surface area contributed by atoms with Crippen LogP contribution in [0.4, 0.5) is 5.69 Å². The van der Waals surface area contributed by atoms with Gasteiger partial charge in [0.2, 0.25) is 5.91 Å². The fourth-order valence-electron chi connectivity index (χ4n) is 2.39. The van der Waals surface area contributed by atoms with Crippen molar-refractivity contribution < 1.29 is 19.4 Å². The average molecular weight is 377 g/mol. The maximum Gasteiger partial charge on any atom is 0.335 e. The highest BCUT2D eigenvalue weighted by Gasteiger charge is 2.10. The summed E-state index contributed by atoms with van der Waals surface area (Å²) in [5.74, 6) is -0.609. The molecule has 0 bridgehead atoms. The molecule has 3 N–H and O–H groups in total. The second-order valence-electron chi connectivity index (χ2n) is 5.78. The first-order valence-electron chi connectivity index (χ1n) is 8.07. The van der Waals surface area contributed by atoms with Gasteiger partial charge in [-0.05, 0) is 36.2 Å². The molecule has 26 heavy (non-hydrogen) atoms. The lowest BCUT2D eigenvalue weighted by Gasteiger charge is -2.12. The van der Waals surface area contributed by atoms with E-state index in [1.807, 2.05) is 13.0 Å². The van der Waals surface area contributed by atoms with E-state index in [-0.39, 0.29) is 17.9 Å². The summed E-state index contributed by atoms with van der Waals surface area (Å²) >= 11 is 6.05. The Morgan fingerprint density at radius 2 is 2.00 bits per heavy atom. The van der Waals surface area contributed by atoms with Crippen molar-refractivity contribution in [3.8, 4) is 5.75 Å². The smallest absolute Gasteiger partial charge is 0.335 e. The molecule has 0 radical (unpaired) electrons. The van der Waals surface area contributed by atoms with Gasteiger partial charge in [0.15, 0.2) is 0 Å². The fourth-order valence-corrected chi connectivity index (χ4v) is 2.55. The van der Waals surface area contributed by atoms with E-state index < -0.39 is 5.97 Å². The van der Waals surface area contributed by atoms with Crippen LogP contribution in [-0.2, 0) is 11.3 Å². The van der Waals surface area contributed by atoms with Gasteiger partial charge in [-0.2, -0.15) is 0 Å². The molecule has 0 aliphatic carbocycles. The van der Waals surface area contributed by atoms with E-state index in [4.69, 9.17) is 21.4 Å². The van der Waals surface area contributed by atoms with Crippen molar-refractivity contribution in [1.82, 2.24) is 5.32 Å². The van der Waals surface area contributed by atoms with E-state index in [1.165, 1.54) is 7.11 Å². The number of rotatable bonds is 8. The summed E-state index contributed by atoms with van der Waals surface area (Å²) in [4.78, 5) is 23.1. The third-order valence-electron chi connectivity index (χ3n) is 3.79. The molecule has 0 heterocycles. The molecule has 0 saturated carbocycles. The van der Waals surface area contributed by atoms with Gasteiger partial charge >= 0.3 is 5.97 Å². The van der Waals surface area contributed by atoms with Crippen LogP contribution < -0.4 is 15.4 Å². The van der Waals surface area contributed by atoms with Gasteiger partial charge in [0, 0.05) is 30.6 Å². The Morgan fingerprint density at radius 1 is 1.23 bits per heavy atom. The molecule has 0 atom stereocenters. The highest BCUT2D eigenvalue weighted by Crippen LogP contribution is 2.30. The Morgan fingerprint density at radius 3 is 2.69 bits per heavy atom. The Labute approximate surface area is 157 Å². The summed E-state index contributed by atoms with van der Waals surface area (Å²) in [7, 11) is 1.52. The molecule has 0 fully saturated rings. The van der Waals surface area contributed by atoms with Crippen molar-refractivity contribution in [2.45, 2.75) is 19.9 Å². The molecule has 0 aliphatic rings. The number of amides is 1. The number of aromatic carboxylic acids is 1. The van der Waals surface area contributed by atoms with Crippen LogP contribution in [0.2, 0.25) is 5.02 Å². The Kier molecular flexibility index (Phi) is 7.00. The lowest BCUT2D eigenvalue weighted by Crippen LogP contribution is -2.22. The number of carboxylic acid groups (broad SMARTS) is 1. The molecule has 0 saturated heterocycles. The van der Waals surface area contributed by atoms with Crippen LogP contribution in [0.1, 0.15) is 27.9 Å². The number of hydrogen-bond acceptors (Lipinski definition) is 4. The Balaban J connectivity index is 1.83. The Hall–Kier alpha value is -2.57. The predicted octanol–water partition coefficient (Wildman–Crippen LogP) is 3.47. The third-order valence-corrected chi connectivity index (χ3v) is 4.19. The van der Waals surface area contributed by atoms with Crippen molar-refractivity contribution in [1.29, 1.82) is 0 Å². The van der Waals surface area contributed by atoms with E-state index in [0.29, 0.717) is 29.5 Å². The summed E-state index contributed by atoms with van der Waals surface area (Å²) in [6.45, 7) is 2.79. The largest absolute Gasteiger partial charge is 0.495 e. The monoisotopic (exact) mass is 376 g/mol. The number of anilines is 1. The second kappa shape index (κ2) is 9.22. The summed E-state index contributed by atoms with van der Waals surface area (Å²) in [6.07, 6.45) is 0.267. The lowest BCUT2D eigenvalue weighted by molar-refractivity contribution is -0.116. The zero-order valence-corrected chi connectivity index (χ0v) is 15.4. The van der Waals surface area contributed by atoms with Gasteiger partial charge < -0.3 is 20.5 Å². The van der Waals surface area contributed by atoms with Crippen molar-refractivity contribution >= 4 is 29.2 Å². The van der Waals surface area contributed by atoms with Gasteiger partial charge in [0.05, 0.1) is 18.4 Å². The first-order chi connectivity index (χ1) is 12.4. The minimum atomic E-state index is -0.960. The van der Waals surface area contributed by atoms with Crippen LogP contribution in [0.25, 0.3) is 0 Å². The number of carbonyl (C=O) groups excluding carboxylic acids is 1. The molecule has 1 amide bonds. The number of benzene rings is 2. The SMILES string of the molecule is COc1cc(Cl)c(C)cc1NC(=O)CCNCc1cccc(C(=O)O)c1. The number of carbonyl (C=O) groups is 2. The van der Waals surface area contributed by atoms with Gasteiger partial charge in [-0.1, -0.05) is 23.7 Å². The molecule has 7 heteroatoms. The maximum absolute atomic E-state index is 12.1. The molecule has 0 aromatic heterocycles. The fraction of sp³-hybridized carbons (Fsp3) is 0.263. The molecule has 0 spiro atoms. The van der Waals surface area contributed by atoms with Gasteiger partial charge in [-0.15, -0.1) is 0 Å². The zero-order chi connectivity index (χ0) is 19.1. The molecule has 138 valence electrons. The molecule has 2 aromatic rings. The lowest BCUT2D eigenvalue weighted by atomic mass is 10.1. The number of halogens is 1. The first-order valence-corrected chi connectivity index (χ1v) is 8.45. The number of hydrogen-bond donors (Lipinski definition) is 3. The predicted molar refractivity (Wildman–Crippen MR) is 101 cm³/mol. The van der Waals surface area contributed by atoms with Gasteiger partial charge in [0.1, 0.15) is 5.75 Å². The minimum absolute atomic E-state index is 0.156. The van der Waals surface area contributed by atoms with E-state index >= 15 is 0 Å². The molecule has 2 aromatic carbocycles. The van der Waals surface area contributed by atoms with Gasteiger partial charge in [-0.3, -0.25) is 4.79 Å². The number of methoxy groups -OCH3 is 1. The molecule has 2 rings (SSSR count). The van der Waals surface area contributed by atoms with E-state index in [9.17, 15) is 9.59 Å². The summed E-state index contributed by atoms with van der Waals surface area (Å²) in [5.41, 5.74) is 2.51. The minimum Gasteiger partial charge on any atom is -0.495 e. The van der Waals surface area contributed by atoms with Gasteiger partial charge in [0.25, 0.3) is 0 Å². The maximum atomic E-state index is 12.1. The molecule has 0 unspecified atom stereocenters. The molecule has 0 aliphatic heterocycles. The van der Waals surface area contributed by atoms with Crippen LogP contribution in [0.3, 0.4) is 0 Å². The topological polar surface area (TPSA) is 87.7 Å². The average Bonchev–Trinajstić information content (AvgIpc) is 2.62. The summed E-state index contributed by atoms with van der Waals surface area (Å²) in [6, 6.07) is 10.1. The normalized spacial score (nSPS) is 10.4. The first kappa shape index (κ1) is 19.8.